The summed E-state index contributed by atoms with van der Waals surface area (Å²) in [7, 11) is 1.76. The first kappa shape index (κ1) is 12.0. The summed E-state index contributed by atoms with van der Waals surface area (Å²) >= 11 is 0. The van der Waals surface area contributed by atoms with Crippen LogP contribution in [0.3, 0.4) is 0 Å². The van der Waals surface area contributed by atoms with Crippen LogP contribution in [0.15, 0.2) is 0 Å². The van der Waals surface area contributed by atoms with Gasteiger partial charge in [0.1, 0.15) is 0 Å². The van der Waals surface area contributed by atoms with E-state index in [0.29, 0.717) is 5.41 Å². The van der Waals surface area contributed by atoms with Crippen molar-refractivity contribution in [1.29, 1.82) is 0 Å². The van der Waals surface area contributed by atoms with Gasteiger partial charge in [-0.25, -0.2) is 0 Å². The molecule has 1 aliphatic heterocycles. The fraction of sp³-hybridized carbons (Fsp3) is 1.00. The molecule has 3 heteroatoms. The van der Waals surface area contributed by atoms with Crippen molar-refractivity contribution in [3.05, 3.63) is 0 Å². The lowest BCUT2D eigenvalue weighted by Crippen LogP contribution is -2.36. The molecule has 1 saturated heterocycles. The van der Waals surface area contributed by atoms with Gasteiger partial charge in [-0.15, -0.1) is 0 Å². The van der Waals surface area contributed by atoms with Gasteiger partial charge in [-0.3, -0.25) is 0 Å². The van der Waals surface area contributed by atoms with Crippen molar-refractivity contribution in [1.82, 2.24) is 0 Å². The summed E-state index contributed by atoms with van der Waals surface area (Å²) in [5, 5.41) is 0. The van der Waals surface area contributed by atoms with Crippen LogP contribution in [0.5, 0.6) is 0 Å². The van der Waals surface area contributed by atoms with Crippen LogP contribution >= 0.6 is 0 Å². The van der Waals surface area contributed by atoms with Crippen LogP contribution in [0.4, 0.5) is 0 Å². The molecule has 0 atom stereocenters. The van der Waals surface area contributed by atoms with Crippen LogP contribution in [-0.2, 0) is 9.47 Å². The van der Waals surface area contributed by atoms with E-state index in [9.17, 15) is 0 Å². The number of nitrogens with two attached hydrogens (primary N) is 1. The van der Waals surface area contributed by atoms with Crippen molar-refractivity contribution in [2.24, 2.45) is 11.1 Å². The molecule has 0 radical (unpaired) electrons. The van der Waals surface area contributed by atoms with Crippen LogP contribution in [0, 0.1) is 5.41 Å². The Balaban J connectivity index is 2.22. The maximum absolute atomic E-state index is 5.87. The number of hydrogen-bond acceptors (Lipinski definition) is 3. The standard InChI is InChI=1S/C11H23NO2/c1-13-7-3-2-4-11(10-12)5-8-14-9-6-11/h2-10,12H2,1H3. The zero-order chi connectivity index (χ0) is 10.3. The molecule has 1 aliphatic rings. The van der Waals surface area contributed by atoms with E-state index in [1.165, 1.54) is 12.8 Å². The third-order valence-corrected chi connectivity index (χ3v) is 3.29. The Labute approximate surface area is 86.9 Å². The lowest BCUT2D eigenvalue weighted by molar-refractivity contribution is 0.0127. The highest BCUT2D eigenvalue weighted by Gasteiger charge is 2.30. The van der Waals surface area contributed by atoms with Crippen molar-refractivity contribution in [3.63, 3.8) is 0 Å². The Kier molecular flexibility index (Phi) is 5.45. The van der Waals surface area contributed by atoms with Crippen LogP contribution in [0.25, 0.3) is 0 Å². The topological polar surface area (TPSA) is 44.5 Å². The van der Waals surface area contributed by atoms with E-state index in [4.69, 9.17) is 15.2 Å². The van der Waals surface area contributed by atoms with Gasteiger partial charge >= 0.3 is 0 Å². The molecule has 0 amide bonds. The molecule has 0 aromatic carbocycles. The molecule has 0 aromatic heterocycles. The summed E-state index contributed by atoms with van der Waals surface area (Å²) in [5.74, 6) is 0. The molecule has 0 saturated carbocycles. The summed E-state index contributed by atoms with van der Waals surface area (Å²) in [4.78, 5) is 0. The van der Waals surface area contributed by atoms with Gasteiger partial charge in [-0.05, 0) is 37.6 Å². The highest BCUT2D eigenvalue weighted by atomic mass is 16.5. The van der Waals surface area contributed by atoms with E-state index in [0.717, 1.165) is 45.6 Å². The van der Waals surface area contributed by atoms with Crippen molar-refractivity contribution >= 4 is 0 Å². The predicted molar refractivity (Wildman–Crippen MR) is 57.3 cm³/mol. The van der Waals surface area contributed by atoms with Gasteiger partial charge in [0.25, 0.3) is 0 Å². The molecule has 2 N–H and O–H groups in total. The molecule has 1 heterocycles. The molecule has 3 nitrogen and oxygen atoms in total. The first-order chi connectivity index (χ1) is 6.83. The molecular formula is C11H23NO2. The summed E-state index contributed by atoms with van der Waals surface area (Å²) in [6, 6.07) is 0. The van der Waals surface area contributed by atoms with Crippen LogP contribution in [-0.4, -0.2) is 33.5 Å². The second-order valence-electron chi connectivity index (χ2n) is 4.27. The average molecular weight is 201 g/mol. The molecule has 0 bridgehead atoms. The van der Waals surface area contributed by atoms with E-state index in [1.54, 1.807) is 7.11 Å². The van der Waals surface area contributed by atoms with Crippen molar-refractivity contribution in [2.45, 2.75) is 32.1 Å². The molecule has 1 rings (SSSR count). The zero-order valence-electron chi connectivity index (χ0n) is 9.26. The Bertz CT molecular complexity index is 144. The average Bonchev–Trinajstić information content (AvgIpc) is 2.26. The molecule has 0 aliphatic carbocycles. The molecule has 14 heavy (non-hydrogen) atoms. The quantitative estimate of drug-likeness (QED) is 0.663. The fourth-order valence-electron chi connectivity index (χ4n) is 2.11. The monoisotopic (exact) mass is 201 g/mol. The molecule has 0 aromatic rings. The number of unbranched alkanes of at least 4 members (excludes halogenated alkanes) is 1. The van der Waals surface area contributed by atoms with Gasteiger partial charge in [0.05, 0.1) is 0 Å². The summed E-state index contributed by atoms with van der Waals surface area (Å²) in [5.41, 5.74) is 6.23. The minimum absolute atomic E-state index is 0.367. The van der Waals surface area contributed by atoms with Gasteiger partial charge in [0.2, 0.25) is 0 Å². The van der Waals surface area contributed by atoms with Crippen LogP contribution in [0.1, 0.15) is 32.1 Å². The molecule has 0 unspecified atom stereocenters. The minimum Gasteiger partial charge on any atom is -0.385 e. The fourth-order valence-corrected chi connectivity index (χ4v) is 2.11. The molecular weight excluding hydrogens is 178 g/mol. The second kappa shape index (κ2) is 6.38. The number of hydrogen-bond donors (Lipinski definition) is 1. The molecule has 1 fully saturated rings. The van der Waals surface area contributed by atoms with Gasteiger partial charge in [0, 0.05) is 26.9 Å². The first-order valence-corrected chi connectivity index (χ1v) is 5.60. The SMILES string of the molecule is COCCCCC1(CN)CCOCC1. The van der Waals surface area contributed by atoms with Gasteiger partial charge < -0.3 is 15.2 Å². The second-order valence-corrected chi connectivity index (χ2v) is 4.27. The highest BCUT2D eigenvalue weighted by Crippen LogP contribution is 2.34. The minimum atomic E-state index is 0.367. The summed E-state index contributed by atoms with van der Waals surface area (Å²) in [6.07, 6.45) is 5.88. The Morgan fingerprint density at radius 1 is 1.29 bits per heavy atom. The maximum atomic E-state index is 5.87. The van der Waals surface area contributed by atoms with E-state index in [-0.39, 0.29) is 0 Å². The Hall–Kier alpha value is -0.120. The molecule has 0 spiro atoms. The lowest BCUT2D eigenvalue weighted by Gasteiger charge is -2.36. The number of rotatable bonds is 6. The molecule has 84 valence electrons. The van der Waals surface area contributed by atoms with Gasteiger partial charge in [-0.1, -0.05) is 6.42 Å². The van der Waals surface area contributed by atoms with Crippen molar-refractivity contribution in [3.8, 4) is 0 Å². The van der Waals surface area contributed by atoms with E-state index in [2.05, 4.69) is 0 Å². The Morgan fingerprint density at radius 2 is 2.00 bits per heavy atom. The van der Waals surface area contributed by atoms with Gasteiger partial charge in [0.15, 0.2) is 0 Å². The lowest BCUT2D eigenvalue weighted by atomic mass is 9.76. The predicted octanol–water partition coefficient (Wildman–Crippen LogP) is 1.56. The highest BCUT2D eigenvalue weighted by molar-refractivity contribution is 4.82. The maximum Gasteiger partial charge on any atom is 0.0471 e. The van der Waals surface area contributed by atoms with E-state index < -0.39 is 0 Å². The smallest absolute Gasteiger partial charge is 0.0471 e. The third-order valence-electron chi connectivity index (χ3n) is 3.29. The largest absolute Gasteiger partial charge is 0.385 e. The summed E-state index contributed by atoms with van der Waals surface area (Å²) in [6.45, 7) is 3.46. The van der Waals surface area contributed by atoms with Gasteiger partial charge in [-0.2, -0.15) is 0 Å². The normalized spacial score (nSPS) is 21.0. The van der Waals surface area contributed by atoms with E-state index >= 15 is 0 Å². The van der Waals surface area contributed by atoms with Crippen molar-refractivity contribution < 1.29 is 9.47 Å². The number of ether oxygens (including phenoxy) is 2. The van der Waals surface area contributed by atoms with Crippen LogP contribution in [0.2, 0.25) is 0 Å². The third kappa shape index (κ3) is 3.56. The first-order valence-electron chi connectivity index (χ1n) is 5.60. The summed E-state index contributed by atoms with van der Waals surface area (Å²) < 4.78 is 10.4. The Morgan fingerprint density at radius 3 is 2.57 bits per heavy atom. The zero-order valence-corrected chi connectivity index (χ0v) is 9.26. The van der Waals surface area contributed by atoms with Crippen LogP contribution < -0.4 is 5.73 Å². The van der Waals surface area contributed by atoms with E-state index in [1.807, 2.05) is 0 Å². The number of methoxy groups -OCH3 is 1. The van der Waals surface area contributed by atoms with Crippen molar-refractivity contribution in [2.75, 3.05) is 33.5 Å².